The fourth-order valence-electron chi connectivity index (χ4n) is 2.30. The summed E-state index contributed by atoms with van der Waals surface area (Å²) in [6, 6.07) is 16.9. The zero-order chi connectivity index (χ0) is 17.6. The summed E-state index contributed by atoms with van der Waals surface area (Å²) in [4.78, 5) is 12.3. The second-order valence-electron chi connectivity index (χ2n) is 5.29. The van der Waals surface area contributed by atoms with Gasteiger partial charge in [-0.15, -0.1) is 11.3 Å². The normalized spacial score (nSPS) is 11.3. The van der Waals surface area contributed by atoms with Crippen LogP contribution in [0.1, 0.15) is 16.0 Å². The Bertz CT molecular complexity index is 884. The van der Waals surface area contributed by atoms with E-state index < -0.39 is 5.97 Å². The van der Waals surface area contributed by atoms with Crippen LogP contribution in [0, 0.1) is 5.82 Å². The van der Waals surface area contributed by atoms with Crippen LogP contribution in [0.4, 0.5) is 4.39 Å². The minimum atomic E-state index is -0.990. The van der Waals surface area contributed by atoms with Crippen LogP contribution in [0.15, 0.2) is 66.0 Å². The lowest BCUT2D eigenvalue weighted by molar-refractivity contribution is -0.130. The number of carboxylic acid groups (broad SMARTS) is 1. The molecule has 3 rings (SSSR count). The first kappa shape index (κ1) is 16.9. The van der Waals surface area contributed by atoms with Gasteiger partial charge in [-0.1, -0.05) is 36.4 Å². The molecule has 0 radical (unpaired) electrons. The molecule has 1 heterocycles. The zero-order valence-electron chi connectivity index (χ0n) is 13.2. The maximum Gasteiger partial charge on any atom is 0.337 e. The van der Waals surface area contributed by atoms with Crippen molar-refractivity contribution in [2.24, 2.45) is 0 Å². The summed E-state index contributed by atoms with van der Waals surface area (Å²) in [6.07, 6.45) is 1.61. The summed E-state index contributed by atoms with van der Waals surface area (Å²) in [6.45, 7) is 0.270. The number of hydrogen-bond donors (Lipinski definition) is 1. The van der Waals surface area contributed by atoms with Crippen molar-refractivity contribution in [3.63, 3.8) is 0 Å². The molecule has 0 bridgehead atoms. The molecule has 0 unspecified atom stereocenters. The third kappa shape index (κ3) is 4.33. The fraction of sp³-hybridized carbons (Fsp3) is 0.0500. The number of thiophene rings is 1. The second-order valence-corrected chi connectivity index (χ2v) is 6.24. The van der Waals surface area contributed by atoms with Gasteiger partial charge < -0.3 is 9.84 Å². The summed E-state index contributed by atoms with van der Waals surface area (Å²) in [5, 5.41) is 11.3. The molecule has 25 heavy (non-hydrogen) atoms. The number of carbonyl (C=O) groups is 1. The first-order chi connectivity index (χ1) is 12.1. The molecule has 0 spiro atoms. The van der Waals surface area contributed by atoms with Crippen molar-refractivity contribution in [3.05, 3.63) is 87.9 Å². The minimum Gasteiger partial charge on any atom is -0.488 e. The van der Waals surface area contributed by atoms with Crippen LogP contribution in [0.2, 0.25) is 0 Å². The standard InChI is InChI=1S/C20H15FO3S/c21-16-9-7-14(8-10-16)13-24-18-5-2-1-4-15(18)12-17(20(22)23)19-6-3-11-25-19/h1-12H,13H2,(H,22,23)/b17-12-. The van der Waals surface area contributed by atoms with E-state index in [0.29, 0.717) is 16.2 Å². The largest absolute Gasteiger partial charge is 0.488 e. The lowest BCUT2D eigenvalue weighted by Gasteiger charge is -2.10. The number of carboxylic acids is 1. The highest BCUT2D eigenvalue weighted by Gasteiger charge is 2.13. The zero-order valence-corrected chi connectivity index (χ0v) is 14.0. The molecule has 3 nitrogen and oxygen atoms in total. The van der Waals surface area contributed by atoms with E-state index in [1.54, 1.807) is 36.4 Å². The number of ether oxygens (including phenoxy) is 1. The number of halogens is 1. The Kier molecular flexibility index (Phi) is 5.26. The molecule has 0 atom stereocenters. The van der Waals surface area contributed by atoms with Gasteiger partial charge in [-0.3, -0.25) is 0 Å². The van der Waals surface area contributed by atoms with Crippen LogP contribution >= 0.6 is 11.3 Å². The Morgan fingerprint density at radius 2 is 1.84 bits per heavy atom. The van der Waals surface area contributed by atoms with Crippen molar-refractivity contribution in [2.75, 3.05) is 0 Å². The second kappa shape index (κ2) is 7.77. The molecule has 1 aromatic heterocycles. The van der Waals surface area contributed by atoms with E-state index in [-0.39, 0.29) is 18.0 Å². The van der Waals surface area contributed by atoms with E-state index in [2.05, 4.69) is 0 Å². The number of para-hydroxylation sites is 1. The van der Waals surface area contributed by atoms with Gasteiger partial charge in [0.05, 0.1) is 5.57 Å². The Balaban J connectivity index is 1.86. The van der Waals surface area contributed by atoms with Crippen molar-refractivity contribution in [1.82, 2.24) is 0 Å². The van der Waals surface area contributed by atoms with Crippen LogP contribution < -0.4 is 4.74 Å². The minimum absolute atomic E-state index is 0.216. The molecule has 0 saturated carbocycles. The monoisotopic (exact) mass is 354 g/mol. The number of benzene rings is 2. The fourth-order valence-corrected chi connectivity index (χ4v) is 3.03. The topological polar surface area (TPSA) is 46.5 Å². The molecule has 0 aliphatic rings. The molecule has 1 N–H and O–H groups in total. The quantitative estimate of drug-likeness (QED) is 0.627. The number of rotatable bonds is 6. The van der Waals surface area contributed by atoms with Gasteiger partial charge in [0.25, 0.3) is 0 Å². The van der Waals surface area contributed by atoms with Gasteiger partial charge in [-0.05, 0) is 41.3 Å². The summed E-state index contributed by atoms with van der Waals surface area (Å²) in [5.74, 6) is -0.716. The molecule has 0 fully saturated rings. The van der Waals surface area contributed by atoms with Crippen LogP contribution in [0.5, 0.6) is 5.75 Å². The maximum absolute atomic E-state index is 13.0. The third-order valence-corrected chi connectivity index (χ3v) is 4.45. The van der Waals surface area contributed by atoms with E-state index in [0.717, 1.165) is 5.56 Å². The van der Waals surface area contributed by atoms with Crippen LogP contribution in [-0.4, -0.2) is 11.1 Å². The van der Waals surface area contributed by atoms with Gasteiger partial charge in [0.2, 0.25) is 0 Å². The van der Waals surface area contributed by atoms with E-state index in [1.807, 2.05) is 23.6 Å². The lowest BCUT2D eigenvalue weighted by atomic mass is 10.1. The molecule has 3 aromatic rings. The van der Waals surface area contributed by atoms with E-state index in [1.165, 1.54) is 23.5 Å². The van der Waals surface area contributed by atoms with Crippen LogP contribution in [0.25, 0.3) is 11.6 Å². The van der Waals surface area contributed by atoms with Gasteiger partial charge in [-0.25, -0.2) is 9.18 Å². The van der Waals surface area contributed by atoms with Gasteiger partial charge in [0.1, 0.15) is 18.2 Å². The summed E-state index contributed by atoms with van der Waals surface area (Å²) in [5.41, 5.74) is 1.72. The Morgan fingerprint density at radius 1 is 1.08 bits per heavy atom. The molecule has 0 saturated heterocycles. The first-order valence-corrected chi connectivity index (χ1v) is 8.46. The third-order valence-electron chi connectivity index (χ3n) is 3.54. The highest BCUT2D eigenvalue weighted by Crippen LogP contribution is 2.27. The molecule has 0 aliphatic carbocycles. The smallest absolute Gasteiger partial charge is 0.337 e. The molecular weight excluding hydrogens is 339 g/mol. The maximum atomic E-state index is 13.0. The highest BCUT2D eigenvalue weighted by molar-refractivity contribution is 7.11. The molecule has 0 amide bonds. The average Bonchev–Trinajstić information content (AvgIpc) is 3.14. The molecule has 2 aromatic carbocycles. The van der Waals surface area contributed by atoms with Crippen LogP contribution in [0.3, 0.4) is 0 Å². The van der Waals surface area contributed by atoms with Crippen molar-refractivity contribution in [2.45, 2.75) is 6.61 Å². The predicted octanol–water partition coefficient (Wildman–Crippen LogP) is 5.09. The molecule has 0 aliphatic heterocycles. The molecular formula is C20H15FO3S. The number of hydrogen-bond acceptors (Lipinski definition) is 3. The van der Waals surface area contributed by atoms with Crippen molar-refractivity contribution < 1.29 is 19.0 Å². The Morgan fingerprint density at radius 3 is 2.52 bits per heavy atom. The molecule has 126 valence electrons. The van der Waals surface area contributed by atoms with E-state index >= 15 is 0 Å². The van der Waals surface area contributed by atoms with Gasteiger partial charge in [0, 0.05) is 10.4 Å². The number of aliphatic carboxylic acids is 1. The van der Waals surface area contributed by atoms with Gasteiger partial charge in [-0.2, -0.15) is 0 Å². The van der Waals surface area contributed by atoms with E-state index in [4.69, 9.17) is 4.74 Å². The van der Waals surface area contributed by atoms with Gasteiger partial charge in [0.15, 0.2) is 0 Å². The first-order valence-electron chi connectivity index (χ1n) is 7.58. The highest BCUT2D eigenvalue weighted by atomic mass is 32.1. The summed E-state index contributed by atoms with van der Waals surface area (Å²) in [7, 11) is 0. The average molecular weight is 354 g/mol. The van der Waals surface area contributed by atoms with E-state index in [9.17, 15) is 14.3 Å². The Labute approximate surface area is 148 Å². The summed E-state index contributed by atoms with van der Waals surface area (Å²) < 4.78 is 18.8. The van der Waals surface area contributed by atoms with Gasteiger partial charge >= 0.3 is 5.97 Å². The Hall–Kier alpha value is -2.92. The molecule has 5 heteroatoms. The van der Waals surface area contributed by atoms with Crippen molar-refractivity contribution >= 4 is 29.0 Å². The SMILES string of the molecule is O=C(O)/C(=C\c1ccccc1OCc1ccc(F)cc1)c1cccs1. The van der Waals surface area contributed by atoms with Crippen LogP contribution in [-0.2, 0) is 11.4 Å². The lowest BCUT2D eigenvalue weighted by Crippen LogP contribution is -2.00. The predicted molar refractivity (Wildman–Crippen MR) is 97.0 cm³/mol. The summed E-state index contributed by atoms with van der Waals surface area (Å²) >= 11 is 1.37. The van der Waals surface area contributed by atoms with Crippen molar-refractivity contribution in [1.29, 1.82) is 0 Å². The van der Waals surface area contributed by atoms with Crippen molar-refractivity contribution in [3.8, 4) is 5.75 Å².